The molecule has 0 spiro atoms. The second-order valence-corrected chi connectivity index (χ2v) is 5.25. The van der Waals surface area contributed by atoms with E-state index in [1.54, 1.807) is 26.4 Å². The maximum atomic E-state index is 14.3. The molecule has 1 aromatic rings. The molecule has 1 aliphatic carbocycles. The summed E-state index contributed by atoms with van der Waals surface area (Å²) in [6.07, 6.45) is 3.33. The highest BCUT2D eigenvalue weighted by atomic mass is 19.1. The number of ether oxygens (including phenoxy) is 2. The smallest absolute Gasteiger partial charge is 0.127 e. The van der Waals surface area contributed by atoms with Crippen LogP contribution in [0.15, 0.2) is 35.7 Å². The average molecular weight is 276 g/mol. The number of halogens is 1. The summed E-state index contributed by atoms with van der Waals surface area (Å²) in [5.41, 5.74) is 2.67. The molecule has 2 rings (SSSR count). The fourth-order valence-electron chi connectivity index (χ4n) is 2.59. The third kappa shape index (κ3) is 2.87. The lowest BCUT2D eigenvalue weighted by atomic mass is 9.85. The third-order valence-corrected chi connectivity index (χ3v) is 3.63. The molecule has 0 saturated carbocycles. The predicted octanol–water partition coefficient (Wildman–Crippen LogP) is 4.76. The van der Waals surface area contributed by atoms with Crippen molar-refractivity contribution in [2.45, 2.75) is 26.7 Å². The van der Waals surface area contributed by atoms with Crippen LogP contribution < -0.4 is 9.47 Å². The SMILES string of the molecule is COc1cc(OC)cc(C2=C(C(C)C)CCC=C2F)c1. The van der Waals surface area contributed by atoms with E-state index in [1.807, 2.05) is 12.1 Å². The molecule has 0 N–H and O–H groups in total. The highest BCUT2D eigenvalue weighted by molar-refractivity contribution is 5.82. The second kappa shape index (κ2) is 6.12. The lowest BCUT2D eigenvalue weighted by molar-refractivity contribution is 0.394. The van der Waals surface area contributed by atoms with Gasteiger partial charge >= 0.3 is 0 Å². The Labute approximate surface area is 119 Å². The molecule has 1 aromatic carbocycles. The molecule has 0 heterocycles. The van der Waals surface area contributed by atoms with Gasteiger partial charge in [-0.05, 0) is 42.5 Å². The van der Waals surface area contributed by atoms with Gasteiger partial charge in [0.2, 0.25) is 0 Å². The molecule has 1 aliphatic rings. The largest absolute Gasteiger partial charge is 0.497 e. The van der Waals surface area contributed by atoms with Crippen molar-refractivity contribution in [3.63, 3.8) is 0 Å². The summed E-state index contributed by atoms with van der Waals surface area (Å²) in [5.74, 6) is 1.53. The van der Waals surface area contributed by atoms with Gasteiger partial charge in [0.15, 0.2) is 0 Å². The first-order valence-electron chi connectivity index (χ1n) is 6.89. The zero-order chi connectivity index (χ0) is 14.7. The number of hydrogen-bond acceptors (Lipinski definition) is 2. The minimum atomic E-state index is -0.143. The molecular formula is C17H21FO2. The van der Waals surface area contributed by atoms with Crippen molar-refractivity contribution >= 4 is 5.57 Å². The van der Waals surface area contributed by atoms with E-state index in [2.05, 4.69) is 13.8 Å². The first-order chi connectivity index (χ1) is 9.56. The summed E-state index contributed by atoms with van der Waals surface area (Å²) in [6, 6.07) is 5.52. The Balaban J connectivity index is 2.60. The van der Waals surface area contributed by atoms with Crippen molar-refractivity contribution in [2.75, 3.05) is 14.2 Å². The van der Waals surface area contributed by atoms with Crippen LogP contribution in [0.1, 0.15) is 32.3 Å². The fourth-order valence-corrected chi connectivity index (χ4v) is 2.59. The standard InChI is InChI=1S/C17H21FO2/c1-11(2)15-6-5-7-16(18)17(15)12-8-13(19-3)10-14(9-12)20-4/h7-11H,5-6H2,1-4H3. The molecule has 0 bridgehead atoms. The van der Waals surface area contributed by atoms with Crippen LogP contribution >= 0.6 is 0 Å². The van der Waals surface area contributed by atoms with E-state index >= 15 is 0 Å². The summed E-state index contributed by atoms with van der Waals surface area (Å²) in [7, 11) is 3.20. The lowest BCUT2D eigenvalue weighted by Crippen LogP contribution is -2.04. The van der Waals surface area contributed by atoms with Crippen LogP contribution in [0, 0.1) is 5.92 Å². The Morgan fingerprint density at radius 2 is 1.65 bits per heavy atom. The molecule has 0 amide bonds. The molecule has 0 atom stereocenters. The van der Waals surface area contributed by atoms with Crippen molar-refractivity contribution in [1.29, 1.82) is 0 Å². The second-order valence-electron chi connectivity index (χ2n) is 5.25. The zero-order valence-electron chi connectivity index (χ0n) is 12.5. The summed E-state index contributed by atoms with van der Waals surface area (Å²) in [6.45, 7) is 4.21. The third-order valence-electron chi connectivity index (χ3n) is 3.63. The van der Waals surface area contributed by atoms with Crippen molar-refractivity contribution in [1.82, 2.24) is 0 Å². The quantitative estimate of drug-likeness (QED) is 0.789. The molecule has 0 aliphatic heterocycles. The van der Waals surface area contributed by atoms with E-state index in [0.717, 1.165) is 24.0 Å². The van der Waals surface area contributed by atoms with E-state index in [1.165, 1.54) is 0 Å². The van der Waals surface area contributed by atoms with Gasteiger partial charge in [0.05, 0.1) is 14.2 Å². The highest BCUT2D eigenvalue weighted by Crippen LogP contribution is 2.39. The Hall–Kier alpha value is -1.77. The van der Waals surface area contributed by atoms with Gasteiger partial charge in [-0.1, -0.05) is 19.4 Å². The molecule has 0 fully saturated rings. The van der Waals surface area contributed by atoms with Crippen molar-refractivity contribution in [2.24, 2.45) is 5.92 Å². The van der Waals surface area contributed by atoms with Gasteiger partial charge in [0, 0.05) is 11.6 Å². The first kappa shape index (κ1) is 14.6. The van der Waals surface area contributed by atoms with Gasteiger partial charge in [-0.3, -0.25) is 0 Å². The van der Waals surface area contributed by atoms with Crippen molar-refractivity contribution in [3.8, 4) is 11.5 Å². The van der Waals surface area contributed by atoms with Crippen LogP contribution in [0.5, 0.6) is 11.5 Å². The van der Waals surface area contributed by atoms with Crippen LogP contribution in [0.4, 0.5) is 4.39 Å². The molecule has 0 radical (unpaired) electrons. The normalized spacial score (nSPS) is 15.4. The van der Waals surface area contributed by atoms with Gasteiger partial charge in [-0.15, -0.1) is 0 Å². The zero-order valence-corrected chi connectivity index (χ0v) is 12.5. The molecular weight excluding hydrogens is 255 g/mol. The number of benzene rings is 1. The van der Waals surface area contributed by atoms with Crippen molar-refractivity contribution in [3.05, 3.63) is 41.2 Å². The molecule has 0 saturated heterocycles. The molecule has 2 nitrogen and oxygen atoms in total. The van der Waals surface area contributed by atoms with Crippen LogP contribution in [0.3, 0.4) is 0 Å². The Bertz CT molecular complexity index is 534. The molecule has 0 aromatic heterocycles. The van der Waals surface area contributed by atoms with E-state index in [4.69, 9.17) is 9.47 Å². The lowest BCUT2D eigenvalue weighted by Gasteiger charge is -2.22. The number of allylic oxidation sites excluding steroid dienone is 4. The number of rotatable bonds is 4. The minimum Gasteiger partial charge on any atom is -0.497 e. The molecule has 20 heavy (non-hydrogen) atoms. The van der Waals surface area contributed by atoms with E-state index in [9.17, 15) is 4.39 Å². The summed E-state index contributed by atoms with van der Waals surface area (Å²) in [4.78, 5) is 0. The Morgan fingerprint density at radius 1 is 1.05 bits per heavy atom. The van der Waals surface area contributed by atoms with E-state index in [0.29, 0.717) is 23.0 Å². The van der Waals surface area contributed by atoms with Gasteiger partial charge in [-0.2, -0.15) is 0 Å². The topological polar surface area (TPSA) is 18.5 Å². The van der Waals surface area contributed by atoms with Gasteiger partial charge < -0.3 is 9.47 Å². The summed E-state index contributed by atoms with van der Waals surface area (Å²) >= 11 is 0. The van der Waals surface area contributed by atoms with Crippen molar-refractivity contribution < 1.29 is 13.9 Å². The maximum absolute atomic E-state index is 14.3. The summed E-state index contributed by atoms with van der Waals surface area (Å²) in [5, 5.41) is 0. The Kier molecular flexibility index (Phi) is 4.48. The Morgan fingerprint density at radius 3 is 2.15 bits per heavy atom. The van der Waals surface area contributed by atoms with Crippen LogP contribution in [0.25, 0.3) is 5.57 Å². The van der Waals surface area contributed by atoms with E-state index < -0.39 is 0 Å². The molecule has 0 unspecified atom stereocenters. The van der Waals surface area contributed by atoms with Gasteiger partial charge in [0.25, 0.3) is 0 Å². The number of hydrogen-bond donors (Lipinski definition) is 0. The van der Waals surface area contributed by atoms with Gasteiger partial charge in [-0.25, -0.2) is 4.39 Å². The van der Waals surface area contributed by atoms with Gasteiger partial charge in [0.1, 0.15) is 17.3 Å². The fraction of sp³-hybridized carbons (Fsp3) is 0.412. The highest BCUT2D eigenvalue weighted by Gasteiger charge is 2.21. The molecule has 108 valence electrons. The predicted molar refractivity (Wildman–Crippen MR) is 79.7 cm³/mol. The van der Waals surface area contributed by atoms with Crippen LogP contribution in [-0.4, -0.2) is 14.2 Å². The average Bonchev–Trinajstić information content (AvgIpc) is 2.46. The molecule has 3 heteroatoms. The number of methoxy groups -OCH3 is 2. The van der Waals surface area contributed by atoms with Crippen LogP contribution in [0.2, 0.25) is 0 Å². The minimum absolute atomic E-state index is 0.143. The maximum Gasteiger partial charge on any atom is 0.127 e. The summed E-state index contributed by atoms with van der Waals surface area (Å²) < 4.78 is 24.9. The van der Waals surface area contributed by atoms with E-state index in [-0.39, 0.29) is 5.83 Å². The monoisotopic (exact) mass is 276 g/mol. The van der Waals surface area contributed by atoms with Crippen LogP contribution in [-0.2, 0) is 0 Å². The first-order valence-corrected chi connectivity index (χ1v) is 6.89.